The van der Waals surface area contributed by atoms with Gasteiger partial charge in [0.15, 0.2) is 0 Å². The minimum atomic E-state index is -0.499. The number of rotatable bonds is 2. The Morgan fingerprint density at radius 3 is 2.88 bits per heavy atom. The van der Waals surface area contributed by atoms with E-state index in [0.29, 0.717) is 18.7 Å². The lowest BCUT2D eigenvalue weighted by Gasteiger charge is -2.26. The summed E-state index contributed by atoms with van der Waals surface area (Å²) in [6.45, 7) is 2.96. The molecule has 0 unspecified atom stereocenters. The van der Waals surface area contributed by atoms with Gasteiger partial charge in [-0.05, 0) is 6.92 Å². The Bertz CT molecular complexity index is 390. The molecule has 88 valence electrons. The van der Waals surface area contributed by atoms with E-state index in [2.05, 4.69) is 15.5 Å². The molecule has 6 nitrogen and oxygen atoms in total. The number of aryl methyl sites for hydroxylation is 1. The Kier molecular flexibility index (Phi) is 2.93. The molecule has 0 aromatic carbocycles. The fourth-order valence-electron chi connectivity index (χ4n) is 1.95. The van der Waals surface area contributed by atoms with Gasteiger partial charge < -0.3 is 15.3 Å². The standard InChI is InChI=1S/C10H16N4O2/c1-6-7(3-12-13-6)10(16)14(2)8-4-11-5-9(8)15/h3,8-9,11,15H,4-5H2,1-2H3,(H,12,13)/t8-,9-/m0/s1. The SMILES string of the molecule is Cc1[nH]ncc1C(=O)N(C)[C@H]1CNC[C@@H]1O. The van der Waals surface area contributed by atoms with Gasteiger partial charge in [0, 0.05) is 25.8 Å². The van der Waals surface area contributed by atoms with Crippen molar-refractivity contribution in [3.63, 3.8) is 0 Å². The fourth-order valence-corrected chi connectivity index (χ4v) is 1.95. The van der Waals surface area contributed by atoms with Gasteiger partial charge in [-0.1, -0.05) is 0 Å². The lowest BCUT2D eigenvalue weighted by molar-refractivity contribution is 0.0580. The van der Waals surface area contributed by atoms with Crippen molar-refractivity contribution in [1.29, 1.82) is 0 Å². The third-order valence-electron chi connectivity index (χ3n) is 3.03. The van der Waals surface area contributed by atoms with Gasteiger partial charge in [-0.15, -0.1) is 0 Å². The minimum Gasteiger partial charge on any atom is -0.390 e. The lowest BCUT2D eigenvalue weighted by Crippen LogP contribution is -2.44. The summed E-state index contributed by atoms with van der Waals surface area (Å²) in [6.07, 6.45) is 1.02. The van der Waals surface area contributed by atoms with Crippen molar-refractivity contribution in [3.05, 3.63) is 17.5 Å². The van der Waals surface area contributed by atoms with Gasteiger partial charge in [0.2, 0.25) is 0 Å². The second kappa shape index (κ2) is 4.23. The normalized spacial score (nSPS) is 24.7. The molecule has 0 bridgehead atoms. The number of aromatic nitrogens is 2. The number of hydrogen-bond acceptors (Lipinski definition) is 4. The van der Waals surface area contributed by atoms with Crippen molar-refractivity contribution >= 4 is 5.91 Å². The molecule has 2 atom stereocenters. The molecule has 2 heterocycles. The van der Waals surface area contributed by atoms with Crippen LogP contribution in [0.4, 0.5) is 0 Å². The maximum Gasteiger partial charge on any atom is 0.257 e. The van der Waals surface area contributed by atoms with Gasteiger partial charge in [-0.3, -0.25) is 9.89 Å². The average molecular weight is 224 g/mol. The first kappa shape index (κ1) is 11.1. The van der Waals surface area contributed by atoms with E-state index < -0.39 is 6.10 Å². The van der Waals surface area contributed by atoms with E-state index in [1.165, 1.54) is 6.20 Å². The van der Waals surface area contributed by atoms with Crippen molar-refractivity contribution in [2.45, 2.75) is 19.1 Å². The number of nitrogens with zero attached hydrogens (tertiary/aromatic N) is 2. The van der Waals surface area contributed by atoms with Gasteiger partial charge in [0.05, 0.1) is 23.9 Å². The Balaban J connectivity index is 2.13. The molecule has 1 aliphatic rings. The highest BCUT2D eigenvalue weighted by molar-refractivity contribution is 5.95. The highest BCUT2D eigenvalue weighted by atomic mass is 16.3. The molecule has 2 rings (SSSR count). The molecule has 1 amide bonds. The van der Waals surface area contributed by atoms with Crippen molar-refractivity contribution in [2.24, 2.45) is 0 Å². The fraction of sp³-hybridized carbons (Fsp3) is 0.600. The number of amides is 1. The van der Waals surface area contributed by atoms with Crippen LogP contribution in [0.3, 0.4) is 0 Å². The molecule has 0 radical (unpaired) electrons. The number of carbonyl (C=O) groups is 1. The number of carbonyl (C=O) groups excluding carboxylic acids is 1. The van der Waals surface area contributed by atoms with Crippen LogP contribution < -0.4 is 5.32 Å². The van der Waals surface area contributed by atoms with Gasteiger partial charge in [0.25, 0.3) is 5.91 Å². The maximum atomic E-state index is 12.1. The van der Waals surface area contributed by atoms with Crippen molar-refractivity contribution in [2.75, 3.05) is 20.1 Å². The summed E-state index contributed by atoms with van der Waals surface area (Å²) in [6, 6.07) is -0.165. The molecule has 3 N–H and O–H groups in total. The second-order valence-corrected chi connectivity index (χ2v) is 4.12. The minimum absolute atomic E-state index is 0.112. The van der Waals surface area contributed by atoms with Gasteiger partial charge >= 0.3 is 0 Å². The molecular formula is C10H16N4O2. The van der Waals surface area contributed by atoms with E-state index in [-0.39, 0.29) is 11.9 Å². The Morgan fingerprint density at radius 2 is 2.38 bits per heavy atom. The monoisotopic (exact) mass is 224 g/mol. The summed E-state index contributed by atoms with van der Waals surface area (Å²) < 4.78 is 0. The van der Waals surface area contributed by atoms with Crippen LogP contribution in [0.25, 0.3) is 0 Å². The van der Waals surface area contributed by atoms with Crippen LogP contribution in [-0.4, -0.2) is 58.4 Å². The summed E-state index contributed by atoms with van der Waals surface area (Å²) in [7, 11) is 1.70. The number of aromatic amines is 1. The number of H-pyrrole nitrogens is 1. The van der Waals surface area contributed by atoms with Crippen LogP contribution in [0.1, 0.15) is 16.1 Å². The molecule has 1 aromatic heterocycles. The smallest absolute Gasteiger partial charge is 0.257 e. The van der Waals surface area contributed by atoms with Crippen LogP contribution in [0, 0.1) is 6.92 Å². The number of nitrogens with one attached hydrogen (secondary N) is 2. The van der Waals surface area contributed by atoms with Crippen LogP contribution in [0.5, 0.6) is 0 Å². The first-order valence-corrected chi connectivity index (χ1v) is 5.27. The quantitative estimate of drug-likeness (QED) is 0.609. The molecule has 16 heavy (non-hydrogen) atoms. The van der Waals surface area contributed by atoms with Gasteiger partial charge in [-0.25, -0.2) is 0 Å². The molecule has 0 spiro atoms. The summed E-state index contributed by atoms with van der Waals surface area (Å²) in [5.41, 5.74) is 1.30. The molecular weight excluding hydrogens is 208 g/mol. The van der Waals surface area contributed by atoms with E-state index in [1.807, 2.05) is 0 Å². The van der Waals surface area contributed by atoms with E-state index in [4.69, 9.17) is 0 Å². The van der Waals surface area contributed by atoms with E-state index in [0.717, 1.165) is 5.69 Å². The van der Waals surface area contributed by atoms with Crippen molar-refractivity contribution in [1.82, 2.24) is 20.4 Å². The summed E-state index contributed by atoms with van der Waals surface area (Å²) in [4.78, 5) is 13.7. The van der Waals surface area contributed by atoms with Crippen LogP contribution >= 0.6 is 0 Å². The lowest BCUT2D eigenvalue weighted by atomic mass is 10.1. The molecule has 6 heteroatoms. The van der Waals surface area contributed by atoms with Gasteiger partial charge in [0.1, 0.15) is 0 Å². The zero-order valence-electron chi connectivity index (χ0n) is 9.40. The number of β-amino-alcohol motifs (C(OH)–C–C–N with tert-alkyl or cyclic N) is 1. The van der Waals surface area contributed by atoms with Crippen molar-refractivity contribution < 1.29 is 9.90 Å². The first-order chi connectivity index (χ1) is 7.61. The summed E-state index contributed by atoms with van der Waals surface area (Å²) in [5.74, 6) is -0.112. The number of likely N-dealkylation sites (N-methyl/N-ethyl adjacent to an activating group) is 1. The Hall–Kier alpha value is -1.40. The van der Waals surface area contributed by atoms with E-state index in [1.54, 1.807) is 18.9 Å². The van der Waals surface area contributed by atoms with Gasteiger partial charge in [-0.2, -0.15) is 5.10 Å². The Morgan fingerprint density at radius 1 is 1.62 bits per heavy atom. The molecule has 1 saturated heterocycles. The predicted molar refractivity (Wildman–Crippen MR) is 58.1 cm³/mol. The molecule has 1 aromatic rings. The highest BCUT2D eigenvalue weighted by Crippen LogP contribution is 2.13. The highest BCUT2D eigenvalue weighted by Gasteiger charge is 2.32. The Labute approximate surface area is 93.6 Å². The zero-order chi connectivity index (χ0) is 11.7. The second-order valence-electron chi connectivity index (χ2n) is 4.12. The van der Waals surface area contributed by atoms with Crippen LogP contribution in [0.15, 0.2) is 6.20 Å². The number of aliphatic hydroxyl groups excluding tert-OH is 1. The summed E-state index contributed by atoms with van der Waals surface area (Å²) >= 11 is 0. The van der Waals surface area contributed by atoms with E-state index in [9.17, 15) is 9.90 Å². The predicted octanol–water partition coefficient (Wildman–Crippen LogP) is -0.877. The van der Waals surface area contributed by atoms with Crippen LogP contribution in [-0.2, 0) is 0 Å². The first-order valence-electron chi connectivity index (χ1n) is 5.27. The molecule has 1 aliphatic heterocycles. The zero-order valence-corrected chi connectivity index (χ0v) is 9.40. The van der Waals surface area contributed by atoms with Crippen molar-refractivity contribution in [3.8, 4) is 0 Å². The molecule has 0 saturated carbocycles. The van der Waals surface area contributed by atoms with Crippen LogP contribution in [0.2, 0.25) is 0 Å². The molecule has 0 aliphatic carbocycles. The molecule has 1 fully saturated rings. The third-order valence-corrected chi connectivity index (χ3v) is 3.03. The topological polar surface area (TPSA) is 81.2 Å². The number of hydrogen-bond donors (Lipinski definition) is 3. The average Bonchev–Trinajstić information content (AvgIpc) is 2.85. The maximum absolute atomic E-state index is 12.1. The largest absolute Gasteiger partial charge is 0.390 e. The number of aliphatic hydroxyl groups is 1. The van der Waals surface area contributed by atoms with E-state index >= 15 is 0 Å². The summed E-state index contributed by atoms with van der Waals surface area (Å²) in [5, 5.41) is 19.3. The third kappa shape index (κ3) is 1.81.